The maximum Gasteiger partial charge on any atom is 0.0241 e. The molecule has 3 N–H and O–H groups in total. The molecule has 0 bridgehead atoms. The van der Waals surface area contributed by atoms with Crippen LogP contribution in [0.15, 0.2) is 0 Å². The Balaban J connectivity index is 1.77. The number of hydrogen-bond acceptors (Lipinski definition) is 2. The third-order valence-corrected chi connectivity index (χ3v) is 3.99. The molecular formula is C11H22N2. The average molecular weight is 182 g/mol. The first kappa shape index (κ1) is 9.47. The van der Waals surface area contributed by atoms with Crippen LogP contribution in [0.4, 0.5) is 0 Å². The van der Waals surface area contributed by atoms with Crippen LogP contribution in [0, 0.1) is 11.8 Å². The lowest BCUT2D eigenvalue weighted by molar-refractivity contribution is 0.223. The highest BCUT2D eigenvalue weighted by atomic mass is 15.2. The standard InChI is InChI=1S/C11H22N2/c12-13-11(8-9-4-3-5-9)10-6-1-2-7-10/h9-11,13H,1-8,12H2. The summed E-state index contributed by atoms with van der Waals surface area (Å²) >= 11 is 0. The van der Waals surface area contributed by atoms with E-state index in [1.807, 2.05) is 0 Å². The molecule has 2 saturated carbocycles. The van der Waals surface area contributed by atoms with Gasteiger partial charge in [-0.2, -0.15) is 0 Å². The predicted molar refractivity (Wildman–Crippen MR) is 55.0 cm³/mol. The summed E-state index contributed by atoms with van der Waals surface area (Å²) in [5.41, 5.74) is 3.04. The van der Waals surface area contributed by atoms with Gasteiger partial charge >= 0.3 is 0 Å². The Morgan fingerprint density at radius 2 is 1.77 bits per heavy atom. The molecule has 1 unspecified atom stereocenters. The fourth-order valence-electron chi connectivity index (χ4n) is 2.84. The first-order valence-corrected chi connectivity index (χ1v) is 5.86. The molecule has 0 spiro atoms. The van der Waals surface area contributed by atoms with Crippen molar-refractivity contribution in [2.24, 2.45) is 17.7 Å². The van der Waals surface area contributed by atoms with Crippen LogP contribution in [0.2, 0.25) is 0 Å². The molecular weight excluding hydrogens is 160 g/mol. The monoisotopic (exact) mass is 182 g/mol. The van der Waals surface area contributed by atoms with E-state index in [9.17, 15) is 0 Å². The summed E-state index contributed by atoms with van der Waals surface area (Å²) in [6.07, 6.45) is 11.3. The minimum atomic E-state index is 0.618. The number of hydrazine groups is 1. The van der Waals surface area contributed by atoms with Gasteiger partial charge in [0.25, 0.3) is 0 Å². The molecule has 0 saturated heterocycles. The van der Waals surface area contributed by atoms with Gasteiger partial charge in [0.2, 0.25) is 0 Å². The smallest absolute Gasteiger partial charge is 0.0241 e. The summed E-state index contributed by atoms with van der Waals surface area (Å²) in [5.74, 6) is 7.50. The van der Waals surface area contributed by atoms with Crippen molar-refractivity contribution in [1.29, 1.82) is 0 Å². The van der Waals surface area contributed by atoms with E-state index >= 15 is 0 Å². The molecule has 2 aliphatic rings. The summed E-state index contributed by atoms with van der Waals surface area (Å²) in [4.78, 5) is 0. The fraction of sp³-hybridized carbons (Fsp3) is 1.00. The Bertz CT molecular complexity index is 148. The zero-order valence-electron chi connectivity index (χ0n) is 8.47. The lowest BCUT2D eigenvalue weighted by Gasteiger charge is -2.32. The van der Waals surface area contributed by atoms with Crippen molar-refractivity contribution in [3.8, 4) is 0 Å². The van der Waals surface area contributed by atoms with E-state index in [4.69, 9.17) is 5.84 Å². The topological polar surface area (TPSA) is 38.0 Å². The minimum absolute atomic E-state index is 0.618. The Morgan fingerprint density at radius 1 is 1.08 bits per heavy atom. The molecule has 2 nitrogen and oxygen atoms in total. The number of rotatable bonds is 4. The van der Waals surface area contributed by atoms with Crippen molar-refractivity contribution in [2.75, 3.05) is 0 Å². The van der Waals surface area contributed by atoms with Gasteiger partial charge < -0.3 is 0 Å². The van der Waals surface area contributed by atoms with E-state index in [0.717, 1.165) is 11.8 Å². The molecule has 0 aromatic rings. The number of nitrogens with two attached hydrogens (primary N) is 1. The quantitative estimate of drug-likeness (QED) is 0.516. The summed E-state index contributed by atoms with van der Waals surface area (Å²) in [7, 11) is 0. The first-order chi connectivity index (χ1) is 6.40. The Morgan fingerprint density at radius 3 is 2.23 bits per heavy atom. The highest BCUT2D eigenvalue weighted by Crippen LogP contribution is 2.35. The molecule has 13 heavy (non-hydrogen) atoms. The van der Waals surface area contributed by atoms with Gasteiger partial charge in [-0.1, -0.05) is 32.1 Å². The molecule has 0 radical (unpaired) electrons. The molecule has 2 aliphatic carbocycles. The Kier molecular flexibility index (Phi) is 3.23. The average Bonchev–Trinajstić information content (AvgIpc) is 2.55. The predicted octanol–water partition coefficient (Wildman–Crippen LogP) is 2.20. The van der Waals surface area contributed by atoms with Crippen molar-refractivity contribution in [3.05, 3.63) is 0 Å². The molecule has 0 heterocycles. The second kappa shape index (κ2) is 4.43. The lowest BCUT2D eigenvalue weighted by Crippen LogP contribution is -2.42. The number of hydrogen-bond donors (Lipinski definition) is 2. The highest BCUT2D eigenvalue weighted by Gasteiger charge is 2.28. The number of nitrogens with one attached hydrogen (secondary N) is 1. The Labute approximate surface area is 81.2 Å². The second-order valence-electron chi connectivity index (χ2n) is 4.85. The van der Waals surface area contributed by atoms with Crippen LogP contribution in [0.5, 0.6) is 0 Å². The fourth-order valence-corrected chi connectivity index (χ4v) is 2.84. The Hall–Kier alpha value is -0.0800. The van der Waals surface area contributed by atoms with E-state index < -0.39 is 0 Å². The van der Waals surface area contributed by atoms with Crippen LogP contribution in [0.25, 0.3) is 0 Å². The zero-order chi connectivity index (χ0) is 9.10. The van der Waals surface area contributed by atoms with Gasteiger partial charge in [-0.05, 0) is 31.1 Å². The van der Waals surface area contributed by atoms with Crippen LogP contribution in [0.3, 0.4) is 0 Å². The molecule has 2 heteroatoms. The molecule has 2 fully saturated rings. The summed E-state index contributed by atoms with van der Waals surface area (Å²) < 4.78 is 0. The van der Waals surface area contributed by atoms with Crippen LogP contribution in [-0.2, 0) is 0 Å². The van der Waals surface area contributed by atoms with Crippen molar-refractivity contribution >= 4 is 0 Å². The third kappa shape index (κ3) is 2.23. The first-order valence-electron chi connectivity index (χ1n) is 5.86. The van der Waals surface area contributed by atoms with Gasteiger partial charge in [-0.25, -0.2) is 0 Å². The van der Waals surface area contributed by atoms with Gasteiger partial charge in [0, 0.05) is 6.04 Å². The summed E-state index contributed by atoms with van der Waals surface area (Å²) in [6.45, 7) is 0. The summed E-state index contributed by atoms with van der Waals surface area (Å²) in [6, 6.07) is 0.618. The van der Waals surface area contributed by atoms with E-state index in [2.05, 4.69) is 5.43 Å². The third-order valence-electron chi connectivity index (χ3n) is 3.99. The highest BCUT2D eigenvalue weighted by molar-refractivity contribution is 4.83. The normalized spacial score (nSPS) is 27.5. The van der Waals surface area contributed by atoms with Crippen molar-refractivity contribution < 1.29 is 0 Å². The van der Waals surface area contributed by atoms with Crippen LogP contribution in [0.1, 0.15) is 51.4 Å². The molecule has 1 atom stereocenters. The molecule has 0 amide bonds. The maximum atomic E-state index is 5.63. The van der Waals surface area contributed by atoms with Crippen molar-refractivity contribution in [1.82, 2.24) is 5.43 Å². The van der Waals surface area contributed by atoms with Gasteiger partial charge in [-0.15, -0.1) is 0 Å². The van der Waals surface area contributed by atoms with Crippen LogP contribution >= 0.6 is 0 Å². The van der Waals surface area contributed by atoms with Crippen LogP contribution < -0.4 is 11.3 Å². The molecule has 0 aliphatic heterocycles. The van der Waals surface area contributed by atoms with Gasteiger partial charge in [-0.3, -0.25) is 11.3 Å². The van der Waals surface area contributed by atoms with E-state index in [0.29, 0.717) is 6.04 Å². The second-order valence-corrected chi connectivity index (χ2v) is 4.85. The molecule has 76 valence electrons. The molecule has 0 aromatic heterocycles. The van der Waals surface area contributed by atoms with Crippen molar-refractivity contribution in [3.63, 3.8) is 0 Å². The van der Waals surface area contributed by atoms with Gasteiger partial charge in [0.1, 0.15) is 0 Å². The largest absolute Gasteiger partial charge is 0.271 e. The maximum absolute atomic E-state index is 5.63. The van der Waals surface area contributed by atoms with Crippen LogP contribution in [-0.4, -0.2) is 6.04 Å². The van der Waals surface area contributed by atoms with Crippen molar-refractivity contribution in [2.45, 2.75) is 57.4 Å². The van der Waals surface area contributed by atoms with Gasteiger partial charge in [0.15, 0.2) is 0 Å². The molecule has 2 rings (SSSR count). The zero-order valence-corrected chi connectivity index (χ0v) is 8.47. The summed E-state index contributed by atoms with van der Waals surface area (Å²) in [5, 5.41) is 0. The minimum Gasteiger partial charge on any atom is -0.271 e. The SMILES string of the molecule is NNC(CC1CCC1)C1CCCC1. The van der Waals surface area contributed by atoms with E-state index in [1.54, 1.807) is 0 Å². The van der Waals surface area contributed by atoms with Gasteiger partial charge in [0.05, 0.1) is 0 Å². The lowest BCUT2D eigenvalue weighted by atomic mass is 9.78. The van der Waals surface area contributed by atoms with E-state index in [-0.39, 0.29) is 0 Å². The molecule has 0 aromatic carbocycles. The van der Waals surface area contributed by atoms with E-state index in [1.165, 1.54) is 51.4 Å².